The third-order valence-corrected chi connectivity index (χ3v) is 5.47. The Hall–Kier alpha value is -3.26. The summed E-state index contributed by atoms with van der Waals surface area (Å²) in [6.45, 7) is 4.00. The van der Waals surface area contributed by atoms with Gasteiger partial charge in [0.05, 0.1) is 17.9 Å². The minimum absolute atomic E-state index is 0.252. The van der Waals surface area contributed by atoms with Crippen LogP contribution >= 0.6 is 11.3 Å². The molecule has 3 heterocycles. The molecule has 4 aromatic rings. The van der Waals surface area contributed by atoms with Gasteiger partial charge in [-0.3, -0.25) is 9.48 Å². The molecule has 8 heteroatoms. The molecule has 0 radical (unpaired) electrons. The Morgan fingerprint density at radius 1 is 1.25 bits per heavy atom. The van der Waals surface area contributed by atoms with E-state index in [-0.39, 0.29) is 11.9 Å². The molecule has 0 aliphatic carbocycles. The Balaban J connectivity index is 1.59. The van der Waals surface area contributed by atoms with E-state index in [0.29, 0.717) is 22.7 Å². The fraction of sp³-hybridized carbons (Fsp3) is 0.200. The van der Waals surface area contributed by atoms with Gasteiger partial charge in [-0.1, -0.05) is 0 Å². The van der Waals surface area contributed by atoms with Crippen molar-refractivity contribution in [1.82, 2.24) is 14.8 Å². The number of nitrogens with one attached hydrogen (secondary N) is 1. The van der Waals surface area contributed by atoms with E-state index in [1.807, 2.05) is 32.2 Å². The van der Waals surface area contributed by atoms with Gasteiger partial charge < -0.3 is 10.1 Å². The number of amides is 1. The highest BCUT2D eigenvalue weighted by molar-refractivity contribution is 7.20. The molecule has 0 aliphatic rings. The SMILES string of the molecule is CCOC(=O)c1cc2cc(NC(=O)c3cnc4c(c3)c(C)nn4C)ccc2s1. The van der Waals surface area contributed by atoms with Gasteiger partial charge in [-0.15, -0.1) is 11.3 Å². The van der Waals surface area contributed by atoms with Crippen LogP contribution in [-0.2, 0) is 11.8 Å². The lowest BCUT2D eigenvalue weighted by Gasteiger charge is -2.05. The maximum Gasteiger partial charge on any atom is 0.348 e. The monoisotopic (exact) mass is 394 g/mol. The second-order valence-corrected chi connectivity index (χ2v) is 7.43. The molecule has 0 fully saturated rings. The van der Waals surface area contributed by atoms with E-state index in [1.54, 1.807) is 29.9 Å². The van der Waals surface area contributed by atoms with Gasteiger partial charge in [0.15, 0.2) is 5.65 Å². The molecule has 4 rings (SSSR count). The van der Waals surface area contributed by atoms with Gasteiger partial charge in [-0.25, -0.2) is 9.78 Å². The first-order valence-corrected chi connectivity index (χ1v) is 9.59. The number of aryl methyl sites for hydroxylation is 2. The first-order valence-electron chi connectivity index (χ1n) is 8.77. The highest BCUT2D eigenvalue weighted by Crippen LogP contribution is 2.29. The van der Waals surface area contributed by atoms with E-state index in [1.165, 1.54) is 11.3 Å². The van der Waals surface area contributed by atoms with Crippen LogP contribution in [0, 0.1) is 6.92 Å². The van der Waals surface area contributed by atoms with Gasteiger partial charge >= 0.3 is 5.97 Å². The predicted molar refractivity (Wildman–Crippen MR) is 109 cm³/mol. The molecule has 142 valence electrons. The molecule has 0 unspecified atom stereocenters. The van der Waals surface area contributed by atoms with Crippen LogP contribution in [0.15, 0.2) is 36.5 Å². The first-order chi connectivity index (χ1) is 13.5. The lowest BCUT2D eigenvalue weighted by molar-refractivity contribution is 0.0532. The van der Waals surface area contributed by atoms with Crippen LogP contribution < -0.4 is 5.32 Å². The van der Waals surface area contributed by atoms with Gasteiger partial charge in [-0.05, 0) is 49.6 Å². The first kappa shape index (κ1) is 18.1. The third-order valence-electron chi connectivity index (χ3n) is 4.38. The average Bonchev–Trinajstić information content (AvgIpc) is 3.22. The Kier molecular flexibility index (Phi) is 4.56. The highest BCUT2D eigenvalue weighted by Gasteiger charge is 2.14. The normalized spacial score (nSPS) is 11.1. The van der Waals surface area contributed by atoms with Gasteiger partial charge in [0.1, 0.15) is 4.88 Å². The zero-order valence-corrected chi connectivity index (χ0v) is 16.5. The van der Waals surface area contributed by atoms with Crippen LogP contribution in [0.5, 0.6) is 0 Å². The van der Waals surface area contributed by atoms with E-state index in [0.717, 1.165) is 26.8 Å². The second-order valence-electron chi connectivity index (χ2n) is 6.34. The summed E-state index contributed by atoms with van der Waals surface area (Å²) in [7, 11) is 1.82. The van der Waals surface area contributed by atoms with Crippen molar-refractivity contribution in [3.63, 3.8) is 0 Å². The molecule has 0 spiro atoms. The minimum Gasteiger partial charge on any atom is -0.462 e. The summed E-state index contributed by atoms with van der Waals surface area (Å²) in [6.07, 6.45) is 1.54. The Morgan fingerprint density at radius 3 is 2.86 bits per heavy atom. The zero-order valence-electron chi connectivity index (χ0n) is 15.6. The number of carbonyl (C=O) groups is 2. The Morgan fingerprint density at radius 2 is 2.07 bits per heavy atom. The van der Waals surface area contributed by atoms with Crippen molar-refractivity contribution in [1.29, 1.82) is 0 Å². The molecule has 0 atom stereocenters. The largest absolute Gasteiger partial charge is 0.462 e. The van der Waals surface area contributed by atoms with Crippen LogP contribution in [0.2, 0.25) is 0 Å². The molecule has 28 heavy (non-hydrogen) atoms. The summed E-state index contributed by atoms with van der Waals surface area (Å²) >= 11 is 1.37. The number of nitrogens with zero attached hydrogens (tertiary/aromatic N) is 3. The summed E-state index contributed by atoms with van der Waals surface area (Å²) in [4.78, 5) is 29.5. The summed E-state index contributed by atoms with van der Waals surface area (Å²) in [5.74, 6) is -0.585. The number of anilines is 1. The van der Waals surface area contributed by atoms with E-state index in [4.69, 9.17) is 4.74 Å². The number of rotatable bonds is 4. The highest BCUT2D eigenvalue weighted by atomic mass is 32.1. The van der Waals surface area contributed by atoms with Gasteiger partial charge in [0, 0.05) is 29.0 Å². The maximum atomic E-state index is 12.7. The molecule has 0 aliphatic heterocycles. The number of pyridine rings is 1. The quantitative estimate of drug-likeness (QED) is 0.530. The smallest absolute Gasteiger partial charge is 0.348 e. The molecule has 0 saturated carbocycles. The number of benzene rings is 1. The summed E-state index contributed by atoms with van der Waals surface area (Å²) in [6, 6.07) is 9.11. The Bertz CT molecular complexity index is 1230. The van der Waals surface area contributed by atoms with Crippen LogP contribution in [0.25, 0.3) is 21.1 Å². The molecule has 1 amide bonds. The average molecular weight is 394 g/mol. The molecular formula is C20H18N4O3S. The standard InChI is InChI=1S/C20H18N4O3S/c1-4-27-20(26)17-9-12-7-14(5-6-16(12)28-17)22-19(25)13-8-15-11(2)23-24(3)18(15)21-10-13/h5-10H,4H2,1-3H3,(H,22,25). The topological polar surface area (TPSA) is 86.1 Å². The van der Waals surface area contributed by atoms with Crippen molar-refractivity contribution in [2.45, 2.75) is 13.8 Å². The van der Waals surface area contributed by atoms with Crippen molar-refractivity contribution in [2.75, 3.05) is 11.9 Å². The van der Waals surface area contributed by atoms with E-state index in [9.17, 15) is 9.59 Å². The van der Waals surface area contributed by atoms with Crippen LogP contribution in [0.4, 0.5) is 5.69 Å². The van der Waals surface area contributed by atoms with Gasteiger partial charge in [0.25, 0.3) is 5.91 Å². The van der Waals surface area contributed by atoms with Crippen LogP contribution in [0.3, 0.4) is 0 Å². The molecule has 1 aromatic carbocycles. The number of aromatic nitrogens is 3. The summed E-state index contributed by atoms with van der Waals surface area (Å²) in [5.41, 5.74) is 2.67. The van der Waals surface area contributed by atoms with Gasteiger partial charge in [0.2, 0.25) is 0 Å². The fourth-order valence-corrected chi connectivity index (χ4v) is 4.00. The maximum absolute atomic E-state index is 12.7. The van der Waals surface area contributed by atoms with Crippen molar-refractivity contribution in [3.05, 3.63) is 52.7 Å². The van der Waals surface area contributed by atoms with Crippen molar-refractivity contribution in [2.24, 2.45) is 7.05 Å². The van der Waals surface area contributed by atoms with E-state index >= 15 is 0 Å². The predicted octanol–water partition coefficient (Wildman–Crippen LogP) is 3.92. The molecule has 1 N–H and O–H groups in total. The lowest BCUT2D eigenvalue weighted by atomic mass is 10.2. The van der Waals surface area contributed by atoms with Crippen molar-refractivity contribution < 1.29 is 14.3 Å². The third kappa shape index (κ3) is 3.22. The number of thiophene rings is 1. The van der Waals surface area contributed by atoms with Crippen molar-refractivity contribution in [3.8, 4) is 0 Å². The summed E-state index contributed by atoms with van der Waals surface area (Å²) < 4.78 is 7.69. The van der Waals surface area contributed by atoms with Crippen molar-refractivity contribution >= 4 is 50.0 Å². The minimum atomic E-state index is -0.333. The van der Waals surface area contributed by atoms with E-state index in [2.05, 4.69) is 15.4 Å². The molecule has 3 aromatic heterocycles. The van der Waals surface area contributed by atoms with Crippen LogP contribution in [-0.4, -0.2) is 33.2 Å². The number of esters is 1. The number of fused-ring (bicyclic) bond motifs is 2. The number of hydrogen-bond acceptors (Lipinski definition) is 6. The zero-order chi connectivity index (χ0) is 19.8. The number of ether oxygens (including phenoxy) is 1. The number of hydrogen-bond donors (Lipinski definition) is 1. The molecule has 0 saturated heterocycles. The second kappa shape index (κ2) is 7.05. The molecule has 7 nitrogen and oxygen atoms in total. The Labute approximate surface area is 164 Å². The summed E-state index contributed by atoms with van der Waals surface area (Å²) in [5, 5.41) is 8.94. The molecular weight excluding hydrogens is 376 g/mol. The lowest BCUT2D eigenvalue weighted by Crippen LogP contribution is -2.12. The number of carbonyl (C=O) groups excluding carboxylic acids is 2. The van der Waals surface area contributed by atoms with Crippen LogP contribution in [0.1, 0.15) is 32.6 Å². The molecule has 0 bridgehead atoms. The fourth-order valence-electron chi connectivity index (χ4n) is 3.06. The van der Waals surface area contributed by atoms with Gasteiger partial charge in [-0.2, -0.15) is 5.10 Å². The van der Waals surface area contributed by atoms with E-state index < -0.39 is 0 Å².